The summed E-state index contributed by atoms with van der Waals surface area (Å²) in [6.07, 6.45) is 0. The zero-order chi connectivity index (χ0) is 26.7. The first-order valence-electron chi connectivity index (χ1n) is 11.4. The number of benzene rings is 3. The van der Waals surface area contributed by atoms with Gasteiger partial charge in [0.05, 0.1) is 23.0 Å². The predicted molar refractivity (Wildman–Crippen MR) is 149 cm³/mol. The highest BCUT2D eigenvalue weighted by molar-refractivity contribution is 7.89. The maximum atomic E-state index is 12.6. The van der Waals surface area contributed by atoms with Gasteiger partial charge in [0.15, 0.2) is 5.82 Å². The maximum absolute atomic E-state index is 12.6. The molecule has 0 aliphatic rings. The molecular weight excluding hydrogens is 528 g/mol. The topological polar surface area (TPSA) is 150 Å². The third-order valence-corrected chi connectivity index (χ3v) is 7.22. The smallest absolute Gasteiger partial charge is 0.322 e. The van der Waals surface area contributed by atoms with Crippen molar-refractivity contribution in [2.75, 3.05) is 12.4 Å². The van der Waals surface area contributed by atoms with Crippen molar-refractivity contribution in [3.63, 3.8) is 0 Å². The van der Waals surface area contributed by atoms with E-state index < -0.39 is 33.9 Å². The molecule has 0 unspecified atom stereocenters. The summed E-state index contributed by atoms with van der Waals surface area (Å²) in [6.45, 7) is 3.26. The van der Waals surface area contributed by atoms with Crippen LogP contribution in [0, 0.1) is 5.92 Å². The van der Waals surface area contributed by atoms with E-state index in [4.69, 9.17) is 4.74 Å². The summed E-state index contributed by atoms with van der Waals surface area (Å²) in [4.78, 5) is 31.3. The number of sulfonamides is 1. The highest BCUT2D eigenvalue weighted by Gasteiger charge is 2.28. The van der Waals surface area contributed by atoms with Crippen molar-refractivity contribution in [3.8, 4) is 16.9 Å². The number of carboxylic acids is 1. The Kier molecular flexibility index (Phi) is 8.82. The largest absolute Gasteiger partial charge is 0.497 e. The molecule has 38 heavy (non-hydrogen) atoms. The molecule has 200 valence electrons. The highest BCUT2D eigenvalue weighted by atomic mass is 32.2. The van der Waals surface area contributed by atoms with E-state index in [1.807, 2.05) is 0 Å². The summed E-state index contributed by atoms with van der Waals surface area (Å²) >= 11 is 0. The minimum absolute atomic E-state index is 0. The molecule has 0 aliphatic carbocycles. The van der Waals surface area contributed by atoms with Crippen molar-refractivity contribution in [1.29, 1.82) is 0 Å². The van der Waals surface area contributed by atoms with E-state index in [2.05, 4.69) is 20.0 Å². The van der Waals surface area contributed by atoms with E-state index in [9.17, 15) is 23.1 Å². The molecule has 0 saturated carbocycles. The molecule has 0 bridgehead atoms. The summed E-state index contributed by atoms with van der Waals surface area (Å²) in [7, 11) is -2.44. The molecule has 0 radical (unpaired) electrons. The van der Waals surface area contributed by atoms with Crippen LogP contribution < -0.4 is 14.8 Å². The second-order valence-corrected chi connectivity index (χ2v) is 10.4. The average molecular weight is 557 g/mol. The van der Waals surface area contributed by atoms with Gasteiger partial charge in [0, 0.05) is 11.8 Å². The summed E-state index contributed by atoms with van der Waals surface area (Å²) in [6, 6.07) is 17.2. The van der Waals surface area contributed by atoms with Gasteiger partial charge in [0.1, 0.15) is 11.8 Å². The van der Waals surface area contributed by atoms with Gasteiger partial charge < -0.3 is 20.1 Å². The number of ether oxygens (including phenoxy) is 1. The summed E-state index contributed by atoms with van der Waals surface area (Å²) in [5.41, 5.74) is 3.44. The van der Waals surface area contributed by atoms with Crippen molar-refractivity contribution >= 4 is 52.1 Å². The first-order valence-corrected chi connectivity index (χ1v) is 12.9. The zero-order valence-corrected chi connectivity index (χ0v) is 22.7. The molecular formula is C26H28N4O6S2. The van der Waals surface area contributed by atoms with Gasteiger partial charge in [0.25, 0.3) is 5.91 Å². The summed E-state index contributed by atoms with van der Waals surface area (Å²) in [5, 5.41) is 12.1. The Bertz CT molecular complexity index is 1550. The van der Waals surface area contributed by atoms with E-state index in [0.717, 1.165) is 11.1 Å². The van der Waals surface area contributed by atoms with Gasteiger partial charge in [-0.2, -0.15) is 18.2 Å². The SMILES string of the molecule is COc1ccc2nc(C(=O)Nc3ccc(-c4ccc(S(=O)(=O)N[C@H](C(=O)O)C(C)C)cc4)cc3)[nH]c2c1.S. The first-order chi connectivity index (χ1) is 17.6. The number of anilines is 1. The van der Waals surface area contributed by atoms with Gasteiger partial charge in [-0.05, 0) is 53.4 Å². The first kappa shape index (κ1) is 28.7. The summed E-state index contributed by atoms with van der Waals surface area (Å²) < 4.78 is 32.7. The van der Waals surface area contributed by atoms with Crippen LogP contribution in [0.1, 0.15) is 24.5 Å². The fourth-order valence-electron chi connectivity index (χ4n) is 3.69. The second-order valence-electron chi connectivity index (χ2n) is 8.71. The Morgan fingerprint density at radius 3 is 2.13 bits per heavy atom. The Hall–Kier alpha value is -3.87. The third-order valence-electron chi connectivity index (χ3n) is 5.76. The molecule has 12 heteroatoms. The van der Waals surface area contributed by atoms with E-state index in [1.165, 1.54) is 12.1 Å². The van der Waals surface area contributed by atoms with Crippen LogP contribution in [-0.4, -0.2) is 48.5 Å². The maximum Gasteiger partial charge on any atom is 0.322 e. The number of hydrogen-bond donors (Lipinski definition) is 4. The highest BCUT2D eigenvalue weighted by Crippen LogP contribution is 2.24. The van der Waals surface area contributed by atoms with Crippen molar-refractivity contribution in [2.24, 2.45) is 5.92 Å². The molecule has 1 atom stereocenters. The molecule has 0 fully saturated rings. The fraction of sp³-hybridized carbons (Fsp3) is 0.192. The lowest BCUT2D eigenvalue weighted by atomic mass is 10.1. The van der Waals surface area contributed by atoms with Crippen LogP contribution >= 0.6 is 13.5 Å². The molecule has 0 saturated heterocycles. The van der Waals surface area contributed by atoms with Crippen molar-refractivity contribution < 1.29 is 27.9 Å². The quantitative estimate of drug-likeness (QED) is 0.243. The van der Waals surface area contributed by atoms with Crippen LogP contribution in [-0.2, 0) is 14.8 Å². The molecule has 3 aromatic carbocycles. The minimum Gasteiger partial charge on any atom is -0.497 e. The number of carbonyl (C=O) groups is 2. The van der Waals surface area contributed by atoms with Crippen LogP contribution in [0.15, 0.2) is 71.6 Å². The lowest BCUT2D eigenvalue weighted by Crippen LogP contribution is -2.44. The Labute approximate surface area is 226 Å². The van der Waals surface area contributed by atoms with Gasteiger partial charge in [-0.25, -0.2) is 13.4 Å². The molecule has 1 heterocycles. The van der Waals surface area contributed by atoms with Gasteiger partial charge in [-0.15, -0.1) is 0 Å². The van der Waals surface area contributed by atoms with E-state index in [-0.39, 0.29) is 24.2 Å². The number of methoxy groups -OCH3 is 1. The lowest BCUT2D eigenvalue weighted by molar-refractivity contribution is -0.140. The number of carbonyl (C=O) groups excluding carboxylic acids is 1. The standard InChI is InChI=1S/C26H26N4O6S.H2S/c1-15(2)23(26(32)33)30-37(34,35)20-11-6-17(7-12-20)16-4-8-18(9-5-16)27-25(31)24-28-21-13-10-19(36-3)14-22(21)29-24;/h4-15,23,30H,1-3H3,(H,27,31)(H,28,29)(H,32,33);1H2/t23-;/m0./s1. The van der Waals surface area contributed by atoms with Crippen LogP contribution in [0.4, 0.5) is 5.69 Å². The van der Waals surface area contributed by atoms with Crippen molar-refractivity contribution in [1.82, 2.24) is 14.7 Å². The van der Waals surface area contributed by atoms with Crippen LogP contribution in [0.2, 0.25) is 0 Å². The summed E-state index contributed by atoms with van der Waals surface area (Å²) in [5.74, 6) is -1.23. The molecule has 0 spiro atoms. The second kappa shape index (κ2) is 11.7. The fourth-order valence-corrected chi connectivity index (χ4v) is 5.03. The van der Waals surface area contributed by atoms with Crippen LogP contribution in [0.3, 0.4) is 0 Å². The number of aliphatic carboxylic acids is 1. The Morgan fingerprint density at radius 1 is 0.974 bits per heavy atom. The number of imidazole rings is 1. The third kappa shape index (κ3) is 6.33. The van der Waals surface area contributed by atoms with E-state index in [0.29, 0.717) is 22.5 Å². The number of hydrogen-bond acceptors (Lipinski definition) is 6. The lowest BCUT2D eigenvalue weighted by Gasteiger charge is -2.18. The molecule has 1 amide bonds. The molecule has 0 aliphatic heterocycles. The number of aromatic amines is 1. The number of nitrogens with zero attached hydrogens (tertiary/aromatic N) is 1. The number of fused-ring (bicyclic) bond motifs is 1. The van der Waals surface area contributed by atoms with Gasteiger partial charge in [-0.1, -0.05) is 38.1 Å². The molecule has 4 aromatic rings. The molecule has 4 N–H and O–H groups in total. The van der Waals surface area contributed by atoms with Crippen molar-refractivity contribution in [3.05, 3.63) is 72.6 Å². The van der Waals surface area contributed by atoms with Gasteiger partial charge in [0.2, 0.25) is 10.0 Å². The molecule has 1 aromatic heterocycles. The normalized spacial score (nSPS) is 12.1. The number of amides is 1. The zero-order valence-electron chi connectivity index (χ0n) is 20.8. The van der Waals surface area contributed by atoms with Crippen molar-refractivity contribution in [2.45, 2.75) is 24.8 Å². The predicted octanol–water partition coefficient (Wildman–Crippen LogP) is 3.99. The monoisotopic (exact) mass is 556 g/mol. The van der Waals surface area contributed by atoms with Crippen LogP contribution in [0.25, 0.3) is 22.2 Å². The van der Waals surface area contributed by atoms with Gasteiger partial charge >= 0.3 is 5.97 Å². The number of H-pyrrole nitrogens is 1. The minimum atomic E-state index is -4.00. The number of rotatable bonds is 9. The van der Waals surface area contributed by atoms with E-state index in [1.54, 1.807) is 75.6 Å². The Balaban J connectivity index is 0.00000400. The van der Waals surface area contributed by atoms with E-state index >= 15 is 0 Å². The Morgan fingerprint density at radius 2 is 1.58 bits per heavy atom. The average Bonchev–Trinajstić information content (AvgIpc) is 3.31. The molecule has 4 rings (SSSR count). The number of nitrogens with one attached hydrogen (secondary N) is 3. The number of aromatic nitrogens is 2. The number of carboxylic acid groups (broad SMARTS) is 1. The van der Waals surface area contributed by atoms with Gasteiger partial charge in [-0.3, -0.25) is 9.59 Å². The van der Waals surface area contributed by atoms with Crippen LogP contribution in [0.5, 0.6) is 5.75 Å². The molecule has 10 nitrogen and oxygen atoms in total.